The van der Waals surface area contributed by atoms with Gasteiger partial charge in [0.15, 0.2) is 6.10 Å². The first-order valence-electron chi connectivity index (χ1n) is 25.9. The van der Waals surface area contributed by atoms with Crippen molar-refractivity contribution in [1.82, 2.24) is 0 Å². The van der Waals surface area contributed by atoms with Crippen LogP contribution in [0.15, 0.2) is 60.8 Å². The molecule has 0 aliphatic carbocycles. The molecule has 0 aromatic carbocycles. The lowest BCUT2D eigenvalue weighted by Crippen LogP contribution is -2.30. The van der Waals surface area contributed by atoms with Gasteiger partial charge in [-0.3, -0.25) is 14.4 Å². The van der Waals surface area contributed by atoms with E-state index in [1.165, 1.54) is 128 Å². The van der Waals surface area contributed by atoms with Gasteiger partial charge in [-0.25, -0.2) is 0 Å². The second-order valence-electron chi connectivity index (χ2n) is 17.2. The molecule has 0 aromatic rings. The first kappa shape index (κ1) is 58.1. The van der Waals surface area contributed by atoms with E-state index >= 15 is 0 Å². The second-order valence-corrected chi connectivity index (χ2v) is 17.2. The number of esters is 3. The van der Waals surface area contributed by atoms with Crippen molar-refractivity contribution in [2.24, 2.45) is 0 Å². The van der Waals surface area contributed by atoms with Crippen LogP contribution in [0.2, 0.25) is 0 Å². The van der Waals surface area contributed by atoms with Crippen LogP contribution in [0.5, 0.6) is 0 Å². The van der Waals surface area contributed by atoms with E-state index < -0.39 is 6.10 Å². The molecule has 0 aliphatic rings. The standard InChI is InChI=1S/C55H96O6/c1-4-7-10-13-16-19-21-23-25-27-28-30-31-33-36-39-42-45-48-54(57)60-51-52(50-59-53(56)47-44-41-38-35-18-15-12-9-6-3)61-55(58)49-46-43-40-37-34-32-29-26-24-22-20-17-14-11-8-5-2/h10,13,16,19,21,23,25,27-28,30,52H,4-9,11-12,14-15,17-18,20,22,24,26,29,31-51H2,1-3H3/b13-10-,19-16-,23-21-,27-25-,30-28-. The van der Waals surface area contributed by atoms with Crippen molar-refractivity contribution in [3.05, 3.63) is 60.8 Å². The predicted octanol–water partition coefficient (Wildman–Crippen LogP) is 16.9. The third-order valence-electron chi connectivity index (χ3n) is 11.1. The molecule has 0 aliphatic heterocycles. The summed E-state index contributed by atoms with van der Waals surface area (Å²) < 4.78 is 16.8. The first-order chi connectivity index (χ1) is 30.0. The van der Waals surface area contributed by atoms with E-state index in [2.05, 4.69) is 57.2 Å². The minimum Gasteiger partial charge on any atom is -0.462 e. The summed E-state index contributed by atoms with van der Waals surface area (Å²) in [6, 6.07) is 0. The Morgan fingerprint density at radius 2 is 0.623 bits per heavy atom. The predicted molar refractivity (Wildman–Crippen MR) is 261 cm³/mol. The summed E-state index contributed by atoms with van der Waals surface area (Å²) in [5, 5.41) is 0. The summed E-state index contributed by atoms with van der Waals surface area (Å²) >= 11 is 0. The number of ether oxygens (including phenoxy) is 3. The Hall–Kier alpha value is -2.89. The fraction of sp³-hybridized carbons (Fsp3) is 0.764. The molecule has 0 spiro atoms. The van der Waals surface area contributed by atoms with Crippen molar-refractivity contribution in [1.29, 1.82) is 0 Å². The van der Waals surface area contributed by atoms with Gasteiger partial charge in [-0.15, -0.1) is 0 Å². The molecule has 6 nitrogen and oxygen atoms in total. The quantitative estimate of drug-likeness (QED) is 0.0263. The Kier molecular flexibility index (Phi) is 47.4. The molecule has 352 valence electrons. The summed E-state index contributed by atoms with van der Waals surface area (Å²) in [5.74, 6) is -0.901. The van der Waals surface area contributed by atoms with Crippen molar-refractivity contribution in [2.45, 2.75) is 258 Å². The molecule has 0 rings (SSSR count). The third kappa shape index (κ3) is 48.0. The molecule has 0 radical (unpaired) electrons. The van der Waals surface area contributed by atoms with Gasteiger partial charge in [-0.1, -0.05) is 255 Å². The maximum atomic E-state index is 12.8. The summed E-state index contributed by atoms with van der Waals surface area (Å²) in [4.78, 5) is 37.9. The Morgan fingerprint density at radius 1 is 0.328 bits per heavy atom. The van der Waals surface area contributed by atoms with E-state index in [0.717, 1.165) is 83.5 Å². The van der Waals surface area contributed by atoms with Crippen LogP contribution < -0.4 is 0 Å². The Bertz CT molecular complexity index is 1120. The highest BCUT2D eigenvalue weighted by molar-refractivity contribution is 5.71. The number of carbonyl (C=O) groups is 3. The number of hydrogen-bond donors (Lipinski definition) is 0. The summed E-state index contributed by atoms with van der Waals surface area (Å²) in [7, 11) is 0. The normalized spacial score (nSPS) is 12.5. The summed E-state index contributed by atoms with van der Waals surface area (Å²) in [6.45, 7) is 6.52. The fourth-order valence-corrected chi connectivity index (χ4v) is 7.24. The van der Waals surface area contributed by atoms with Crippen LogP contribution in [-0.2, 0) is 28.6 Å². The van der Waals surface area contributed by atoms with Crippen molar-refractivity contribution >= 4 is 17.9 Å². The number of unbranched alkanes of at least 4 members (excludes halogenated alkanes) is 29. The SMILES string of the molecule is CCC\C=C/C=C\C=C/C=C\C=C/CCCCCCCC(=O)OCC(COC(=O)CCCCCCCCCCC)OC(=O)CCCCCCCCCCCCCCCCCC. The van der Waals surface area contributed by atoms with E-state index in [-0.39, 0.29) is 31.1 Å². The van der Waals surface area contributed by atoms with Crippen molar-refractivity contribution in [3.63, 3.8) is 0 Å². The van der Waals surface area contributed by atoms with Crippen molar-refractivity contribution in [3.8, 4) is 0 Å². The van der Waals surface area contributed by atoms with E-state index in [1.807, 2.05) is 24.3 Å². The second kappa shape index (κ2) is 49.8. The highest BCUT2D eigenvalue weighted by Gasteiger charge is 2.19. The lowest BCUT2D eigenvalue weighted by atomic mass is 10.0. The van der Waals surface area contributed by atoms with Gasteiger partial charge in [0.1, 0.15) is 13.2 Å². The zero-order valence-corrected chi connectivity index (χ0v) is 40.2. The molecule has 0 amide bonds. The fourth-order valence-electron chi connectivity index (χ4n) is 7.24. The molecular formula is C55H96O6. The zero-order chi connectivity index (χ0) is 44.4. The van der Waals surface area contributed by atoms with Crippen LogP contribution in [0.25, 0.3) is 0 Å². The molecule has 0 saturated carbocycles. The molecule has 61 heavy (non-hydrogen) atoms. The van der Waals surface area contributed by atoms with E-state index in [9.17, 15) is 14.4 Å². The van der Waals surface area contributed by atoms with Crippen LogP contribution in [0.1, 0.15) is 252 Å². The summed E-state index contributed by atoms with van der Waals surface area (Å²) in [6.07, 6.45) is 60.6. The number of allylic oxidation sites excluding steroid dienone is 10. The lowest BCUT2D eigenvalue weighted by molar-refractivity contribution is -0.167. The van der Waals surface area contributed by atoms with Gasteiger partial charge in [0, 0.05) is 19.3 Å². The van der Waals surface area contributed by atoms with Gasteiger partial charge in [-0.05, 0) is 38.5 Å². The highest BCUT2D eigenvalue weighted by Crippen LogP contribution is 2.16. The molecule has 0 saturated heterocycles. The number of hydrogen-bond acceptors (Lipinski definition) is 6. The lowest BCUT2D eigenvalue weighted by Gasteiger charge is -2.18. The maximum Gasteiger partial charge on any atom is 0.306 e. The van der Waals surface area contributed by atoms with Gasteiger partial charge in [0.25, 0.3) is 0 Å². The molecule has 1 atom stereocenters. The van der Waals surface area contributed by atoms with E-state index in [4.69, 9.17) is 14.2 Å². The van der Waals surface area contributed by atoms with Crippen LogP contribution in [0, 0.1) is 0 Å². The van der Waals surface area contributed by atoms with Crippen molar-refractivity contribution in [2.75, 3.05) is 13.2 Å². The monoisotopic (exact) mass is 853 g/mol. The Morgan fingerprint density at radius 3 is 0.984 bits per heavy atom. The molecule has 0 N–H and O–H groups in total. The van der Waals surface area contributed by atoms with E-state index in [0.29, 0.717) is 19.3 Å². The van der Waals surface area contributed by atoms with Gasteiger partial charge in [0.05, 0.1) is 0 Å². The smallest absolute Gasteiger partial charge is 0.306 e. The molecule has 0 aromatic heterocycles. The van der Waals surface area contributed by atoms with Crippen LogP contribution in [-0.4, -0.2) is 37.2 Å². The van der Waals surface area contributed by atoms with Gasteiger partial charge >= 0.3 is 17.9 Å². The molecule has 1 unspecified atom stereocenters. The average Bonchev–Trinajstić information content (AvgIpc) is 3.26. The van der Waals surface area contributed by atoms with E-state index in [1.54, 1.807) is 0 Å². The third-order valence-corrected chi connectivity index (χ3v) is 11.1. The molecule has 0 fully saturated rings. The van der Waals surface area contributed by atoms with Gasteiger partial charge < -0.3 is 14.2 Å². The largest absolute Gasteiger partial charge is 0.462 e. The maximum absolute atomic E-state index is 12.8. The average molecular weight is 853 g/mol. The van der Waals surface area contributed by atoms with Crippen LogP contribution >= 0.6 is 0 Å². The first-order valence-corrected chi connectivity index (χ1v) is 25.9. The van der Waals surface area contributed by atoms with Gasteiger partial charge in [0.2, 0.25) is 0 Å². The number of rotatable bonds is 46. The topological polar surface area (TPSA) is 78.9 Å². The zero-order valence-electron chi connectivity index (χ0n) is 40.2. The molecule has 6 heteroatoms. The molecule has 0 bridgehead atoms. The number of carbonyl (C=O) groups excluding carboxylic acids is 3. The Balaban J connectivity index is 4.36. The minimum atomic E-state index is -0.780. The van der Waals surface area contributed by atoms with Crippen LogP contribution in [0.3, 0.4) is 0 Å². The Labute approximate surface area is 377 Å². The van der Waals surface area contributed by atoms with Crippen LogP contribution in [0.4, 0.5) is 0 Å². The summed E-state index contributed by atoms with van der Waals surface area (Å²) in [5.41, 5.74) is 0. The highest BCUT2D eigenvalue weighted by atomic mass is 16.6. The molecule has 0 heterocycles. The minimum absolute atomic E-state index is 0.0798. The van der Waals surface area contributed by atoms with Gasteiger partial charge in [-0.2, -0.15) is 0 Å². The molecular weight excluding hydrogens is 757 g/mol. The van der Waals surface area contributed by atoms with Crippen molar-refractivity contribution < 1.29 is 28.6 Å².